The monoisotopic (exact) mass is 140 g/mol. The van der Waals surface area contributed by atoms with Crippen LogP contribution in [0.2, 0.25) is 0 Å². The predicted octanol–water partition coefficient (Wildman–Crippen LogP) is 1.87. The van der Waals surface area contributed by atoms with Gasteiger partial charge in [0, 0.05) is 0 Å². The van der Waals surface area contributed by atoms with Crippen molar-refractivity contribution in [2.45, 2.75) is 18.3 Å². The lowest BCUT2D eigenvalue weighted by molar-refractivity contribution is -0.0857. The maximum Gasteiger partial charge on any atom is 0.316 e. The lowest BCUT2D eigenvalue weighted by Crippen LogP contribution is -2.32. The number of halogens is 4. The molecule has 0 radical (unpaired) electrons. The minimum atomic E-state index is -3.83. The maximum absolute atomic E-state index is 11.9. The lowest BCUT2D eigenvalue weighted by Gasteiger charge is -2.13. The van der Waals surface area contributed by atoms with E-state index in [0.717, 1.165) is 0 Å². The summed E-state index contributed by atoms with van der Waals surface area (Å²) in [6.45, 7) is 0. The molecule has 0 fully saturated rings. The molecule has 4 heteroatoms. The summed E-state index contributed by atoms with van der Waals surface area (Å²) in [6, 6.07) is 0. The summed E-state index contributed by atoms with van der Waals surface area (Å²) >= 11 is 0. The molecule has 0 N–H and O–H groups in total. The van der Waals surface area contributed by atoms with Crippen LogP contribution in [0.1, 0.15) is 0 Å². The van der Waals surface area contributed by atoms with E-state index in [0.29, 0.717) is 12.2 Å². The van der Waals surface area contributed by atoms with E-state index in [1.807, 2.05) is 0 Å². The lowest BCUT2D eigenvalue weighted by atomic mass is 10.2. The van der Waals surface area contributed by atoms with Crippen LogP contribution in [0.15, 0.2) is 12.2 Å². The first-order valence-electron chi connectivity index (χ1n) is 2.39. The van der Waals surface area contributed by atoms with E-state index >= 15 is 0 Å². The smallest absolute Gasteiger partial charge is 0.236 e. The van der Waals surface area contributed by atoms with E-state index in [1.54, 1.807) is 0 Å². The first kappa shape index (κ1) is 6.58. The zero-order valence-electron chi connectivity index (χ0n) is 4.32. The highest BCUT2D eigenvalue weighted by molar-refractivity contribution is 5.13. The minimum Gasteiger partial charge on any atom is -0.236 e. The third-order valence-corrected chi connectivity index (χ3v) is 1.18. The van der Waals surface area contributed by atoms with Crippen LogP contribution < -0.4 is 0 Å². The van der Waals surface area contributed by atoms with E-state index in [1.165, 1.54) is 0 Å². The molecule has 0 spiro atoms. The maximum atomic E-state index is 11.9. The standard InChI is InChI=1S/C5H4F4/c6-3-1-2-4(7)5(3,8)9/h1-4H. The first-order chi connectivity index (χ1) is 4.05. The van der Waals surface area contributed by atoms with Gasteiger partial charge in [-0.05, 0) is 12.2 Å². The summed E-state index contributed by atoms with van der Waals surface area (Å²) in [4.78, 5) is 0. The molecule has 1 rings (SSSR count). The average Bonchev–Trinajstić information content (AvgIpc) is 1.96. The van der Waals surface area contributed by atoms with Gasteiger partial charge >= 0.3 is 5.92 Å². The molecule has 0 aromatic heterocycles. The zero-order chi connectivity index (χ0) is 7.07. The van der Waals surface area contributed by atoms with Crippen LogP contribution in [0.3, 0.4) is 0 Å². The van der Waals surface area contributed by atoms with Gasteiger partial charge < -0.3 is 0 Å². The Balaban J connectivity index is 2.76. The fraction of sp³-hybridized carbons (Fsp3) is 0.600. The highest BCUT2D eigenvalue weighted by atomic mass is 19.3. The van der Waals surface area contributed by atoms with Crippen molar-refractivity contribution >= 4 is 0 Å². The van der Waals surface area contributed by atoms with Crippen LogP contribution in [-0.4, -0.2) is 18.3 Å². The molecule has 2 atom stereocenters. The Morgan fingerprint density at radius 1 is 1.00 bits per heavy atom. The third kappa shape index (κ3) is 0.821. The van der Waals surface area contributed by atoms with Gasteiger partial charge in [0.25, 0.3) is 0 Å². The predicted molar refractivity (Wildman–Crippen MR) is 23.9 cm³/mol. The summed E-state index contributed by atoms with van der Waals surface area (Å²) in [7, 11) is 0. The van der Waals surface area contributed by atoms with Gasteiger partial charge in [-0.25, -0.2) is 8.78 Å². The van der Waals surface area contributed by atoms with Crippen LogP contribution in [0.5, 0.6) is 0 Å². The van der Waals surface area contributed by atoms with Crippen molar-refractivity contribution in [3.63, 3.8) is 0 Å². The molecule has 0 amide bonds. The Morgan fingerprint density at radius 3 is 1.44 bits per heavy atom. The normalized spacial score (nSPS) is 39.6. The van der Waals surface area contributed by atoms with Crippen LogP contribution in [0.25, 0.3) is 0 Å². The van der Waals surface area contributed by atoms with Crippen molar-refractivity contribution in [3.8, 4) is 0 Å². The van der Waals surface area contributed by atoms with Crippen molar-refractivity contribution in [3.05, 3.63) is 12.2 Å². The van der Waals surface area contributed by atoms with Crippen LogP contribution >= 0.6 is 0 Å². The van der Waals surface area contributed by atoms with Crippen molar-refractivity contribution in [2.75, 3.05) is 0 Å². The molecule has 0 saturated carbocycles. The molecule has 2 unspecified atom stereocenters. The molecular formula is C5H4F4. The number of alkyl halides is 4. The average molecular weight is 140 g/mol. The molecule has 1 aliphatic carbocycles. The van der Waals surface area contributed by atoms with Crippen molar-refractivity contribution in [1.29, 1.82) is 0 Å². The van der Waals surface area contributed by atoms with Gasteiger partial charge in [-0.1, -0.05) is 0 Å². The van der Waals surface area contributed by atoms with Crippen LogP contribution in [0.4, 0.5) is 17.6 Å². The molecule has 0 aliphatic heterocycles. The van der Waals surface area contributed by atoms with E-state index in [4.69, 9.17) is 0 Å². The molecule has 0 bridgehead atoms. The first-order valence-corrected chi connectivity index (χ1v) is 2.39. The molecule has 0 nitrogen and oxygen atoms in total. The summed E-state index contributed by atoms with van der Waals surface area (Å²) < 4.78 is 47.6. The van der Waals surface area contributed by atoms with Gasteiger partial charge in [0.2, 0.25) is 0 Å². The van der Waals surface area contributed by atoms with Crippen LogP contribution in [0, 0.1) is 0 Å². The molecule has 0 saturated heterocycles. The zero-order valence-corrected chi connectivity index (χ0v) is 4.32. The SMILES string of the molecule is FC1C=CC(F)C1(F)F. The molecule has 1 aliphatic rings. The van der Waals surface area contributed by atoms with Gasteiger partial charge in [0.15, 0.2) is 12.3 Å². The minimum absolute atomic E-state index is 0.532. The van der Waals surface area contributed by atoms with Gasteiger partial charge in [-0.2, -0.15) is 8.78 Å². The van der Waals surface area contributed by atoms with Gasteiger partial charge in [-0.3, -0.25) is 0 Å². The molecule has 52 valence electrons. The highest BCUT2D eigenvalue weighted by Gasteiger charge is 2.50. The Kier molecular flexibility index (Phi) is 1.26. The Hall–Kier alpha value is -0.540. The second-order valence-electron chi connectivity index (χ2n) is 1.86. The molecule has 0 heterocycles. The topological polar surface area (TPSA) is 0 Å². The molecule has 0 aromatic carbocycles. The Bertz CT molecular complexity index is 126. The summed E-state index contributed by atoms with van der Waals surface area (Å²) in [5.41, 5.74) is 0. The van der Waals surface area contributed by atoms with Crippen molar-refractivity contribution in [2.24, 2.45) is 0 Å². The van der Waals surface area contributed by atoms with E-state index < -0.39 is 18.3 Å². The Morgan fingerprint density at radius 2 is 1.33 bits per heavy atom. The summed E-state index contributed by atoms with van der Waals surface area (Å²) in [5.74, 6) is -3.83. The van der Waals surface area contributed by atoms with Gasteiger partial charge in [-0.15, -0.1) is 0 Å². The van der Waals surface area contributed by atoms with E-state index in [-0.39, 0.29) is 0 Å². The van der Waals surface area contributed by atoms with E-state index in [2.05, 4.69) is 0 Å². The highest BCUT2D eigenvalue weighted by Crippen LogP contribution is 2.34. The number of hydrogen-bond acceptors (Lipinski definition) is 0. The Labute approximate surface area is 49.2 Å². The second-order valence-corrected chi connectivity index (χ2v) is 1.86. The van der Waals surface area contributed by atoms with Crippen molar-refractivity contribution in [1.82, 2.24) is 0 Å². The number of rotatable bonds is 0. The summed E-state index contributed by atoms with van der Waals surface area (Å²) in [6.07, 6.45) is -3.84. The molecule has 9 heavy (non-hydrogen) atoms. The van der Waals surface area contributed by atoms with E-state index in [9.17, 15) is 17.6 Å². The number of hydrogen-bond donors (Lipinski definition) is 0. The fourth-order valence-corrected chi connectivity index (χ4v) is 0.604. The summed E-state index contributed by atoms with van der Waals surface area (Å²) in [5, 5.41) is 0. The van der Waals surface area contributed by atoms with Gasteiger partial charge in [0.05, 0.1) is 0 Å². The molecular weight excluding hydrogens is 136 g/mol. The largest absolute Gasteiger partial charge is 0.316 e. The molecule has 0 aromatic rings. The quantitative estimate of drug-likeness (QED) is 0.356. The van der Waals surface area contributed by atoms with Crippen LogP contribution in [-0.2, 0) is 0 Å². The van der Waals surface area contributed by atoms with Gasteiger partial charge in [0.1, 0.15) is 0 Å². The van der Waals surface area contributed by atoms with Crippen molar-refractivity contribution < 1.29 is 17.6 Å². The number of allylic oxidation sites excluding steroid dienone is 2. The fourth-order valence-electron chi connectivity index (χ4n) is 0.604. The third-order valence-electron chi connectivity index (χ3n) is 1.18. The second kappa shape index (κ2) is 1.72.